The summed E-state index contributed by atoms with van der Waals surface area (Å²) in [4.78, 5) is 22.4. The van der Waals surface area contributed by atoms with Crippen LogP contribution in [-0.2, 0) is 11.8 Å². The third-order valence-electron chi connectivity index (χ3n) is 2.84. The number of aliphatic carboxylic acids is 1. The van der Waals surface area contributed by atoms with Gasteiger partial charge in [0.25, 0.3) is 0 Å². The minimum atomic E-state index is -5.15. The molecule has 1 aromatic rings. The summed E-state index contributed by atoms with van der Waals surface area (Å²) in [6.07, 6.45) is -3.80. The summed E-state index contributed by atoms with van der Waals surface area (Å²) in [5.74, 6) is -1.91. The van der Waals surface area contributed by atoms with E-state index in [0.717, 1.165) is 0 Å². The van der Waals surface area contributed by atoms with E-state index in [2.05, 4.69) is 15.5 Å². The first-order valence-corrected chi connectivity index (χ1v) is 5.71. The van der Waals surface area contributed by atoms with Gasteiger partial charge >= 0.3 is 18.2 Å². The number of alkyl halides is 3. The van der Waals surface area contributed by atoms with Gasteiger partial charge in [-0.15, -0.1) is 10.2 Å². The molecule has 1 rings (SSSR count). The number of carbonyl (C=O) groups is 2. The van der Waals surface area contributed by atoms with Gasteiger partial charge in [-0.05, 0) is 13.8 Å². The number of amides is 2. The predicted octanol–water partition coefficient (Wildman–Crippen LogP) is 0.581. The molecule has 0 bridgehead atoms. The summed E-state index contributed by atoms with van der Waals surface area (Å²) in [7, 11) is 1.59. The largest absolute Gasteiger partial charge is 0.479 e. The zero-order valence-corrected chi connectivity index (χ0v) is 11.4. The molecule has 21 heavy (non-hydrogen) atoms. The van der Waals surface area contributed by atoms with Gasteiger partial charge < -0.3 is 20.3 Å². The molecule has 0 aromatic carbocycles. The highest BCUT2D eigenvalue weighted by Gasteiger charge is 2.58. The van der Waals surface area contributed by atoms with Crippen LogP contribution >= 0.6 is 0 Å². The van der Waals surface area contributed by atoms with E-state index in [1.165, 1.54) is 23.1 Å². The highest BCUT2D eigenvalue weighted by atomic mass is 19.4. The summed E-state index contributed by atoms with van der Waals surface area (Å²) < 4.78 is 39.7. The van der Waals surface area contributed by atoms with E-state index in [9.17, 15) is 22.8 Å². The van der Waals surface area contributed by atoms with E-state index in [4.69, 9.17) is 5.11 Å². The molecule has 0 radical (unpaired) electrons. The predicted molar refractivity (Wildman–Crippen MR) is 63.2 cm³/mol. The van der Waals surface area contributed by atoms with Gasteiger partial charge in [-0.25, -0.2) is 9.59 Å². The molecule has 1 heterocycles. The number of hydrogen-bond acceptors (Lipinski definition) is 4. The van der Waals surface area contributed by atoms with Crippen LogP contribution in [0.25, 0.3) is 0 Å². The van der Waals surface area contributed by atoms with E-state index in [1.807, 2.05) is 0 Å². The molecule has 0 aliphatic heterocycles. The third kappa shape index (κ3) is 3.41. The van der Waals surface area contributed by atoms with Crippen molar-refractivity contribution >= 4 is 12.0 Å². The zero-order chi connectivity index (χ0) is 16.4. The van der Waals surface area contributed by atoms with E-state index >= 15 is 0 Å². The fourth-order valence-corrected chi connectivity index (χ4v) is 1.45. The Labute approximate surface area is 117 Å². The number of nitrogens with zero attached hydrogens (tertiary/aromatic N) is 3. The topological polar surface area (TPSA) is 109 Å². The summed E-state index contributed by atoms with van der Waals surface area (Å²) in [6, 6.07) is -2.04. The Morgan fingerprint density at radius 1 is 1.43 bits per heavy atom. The molecule has 0 aliphatic rings. The van der Waals surface area contributed by atoms with Crippen LogP contribution < -0.4 is 10.6 Å². The van der Waals surface area contributed by atoms with Crippen LogP contribution in [0.1, 0.15) is 25.7 Å². The summed E-state index contributed by atoms with van der Waals surface area (Å²) in [5.41, 5.74) is -3.39. The molecule has 2 atom stereocenters. The molecule has 1 aromatic heterocycles. The van der Waals surface area contributed by atoms with Gasteiger partial charge in [-0.1, -0.05) is 0 Å². The maximum atomic E-state index is 12.7. The van der Waals surface area contributed by atoms with Crippen molar-refractivity contribution in [2.24, 2.45) is 7.05 Å². The fourth-order valence-electron chi connectivity index (χ4n) is 1.45. The minimum Gasteiger partial charge on any atom is -0.479 e. The number of carboxylic acid groups (broad SMARTS) is 1. The molecule has 2 amide bonds. The molecule has 0 spiro atoms. The monoisotopic (exact) mass is 309 g/mol. The average molecular weight is 309 g/mol. The number of halogens is 3. The number of nitrogens with one attached hydrogen (secondary N) is 2. The average Bonchev–Trinajstić information content (AvgIpc) is 2.73. The lowest BCUT2D eigenvalue weighted by Gasteiger charge is -2.29. The van der Waals surface area contributed by atoms with Crippen molar-refractivity contribution < 1.29 is 27.9 Å². The van der Waals surface area contributed by atoms with Gasteiger partial charge in [0.15, 0.2) is 5.82 Å². The molecule has 11 heteroatoms. The van der Waals surface area contributed by atoms with Crippen molar-refractivity contribution in [1.82, 2.24) is 25.4 Å². The first-order valence-electron chi connectivity index (χ1n) is 5.71. The first kappa shape index (κ1) is 16.7. The number of carboxylic acids is 1. The number of carbonyl (C=O) groups excluding carboxylic acids is 1. The van der Waals surface area contributed by atoms with Gasteiger partial charge in [0.05, 0.1) is 6.04 Å². The van der Waals surface area contributed by atoms with Gasteiger partial charge in [0, 0.05) is 7.05 Å². The number of rotatable bonds is 4. The van der Waals surface area contributed by atoms with E-state index in [0.29, 0.717) is 12.7 Å². The minimum absolute atomic E-state index is 0.300. The van der Waals surface area contributed by atoms with Crippen LogP contribution in [0.2, 0.25) is 0 Å². The standard InChI is InChI=1S/C10H14F3N5O3/c1-5(6-17-14-4-18(6)3)15-8(21)16-9(2,7(19)20)10(11,12)13/h4-5H,1-3H3,(H,19,20)(H2,15,16,21). The van der Waals surface area contributed by atoms with Gasteiger partial charge in [-0.3, -0.25) is 0 Å². The zero-order valence-electron chi connectivity index (χ0n) is 11.4. The van der Waals surface area contributed by atoms with Gasteiger partial charge in [0.2, 0.25) is 5.54 Å². The van der Waals surface area contributed by atoms with Crippen LogP contribution in [0.4, 0.5) is 18.0 Å². The second-order valence-electron chi connectivity index (χ2n) is 4.55. The molecule has 0 fully saturated rings. The summed E-state index contributed by atoms with van der Waals surface area (Å²) in [5, 5.41) is 19.5. The number of urea groups is 1. The highest BCUT2D eigenvalue weighted by Crippen LogP contribution is 2.30. The third-order valence-corrected chi connectivity index (χ3v) is 2.84. The lowest BCUT2D eigenvalue weighted by molar-refractivity contribution is -0.203. The van der Waals surface area contributed by atoms with Crippen LogP contribution in [-0.4, -0.2) is 43.6 Å². The van der Waals surface area contributed by atoms with Crippen molar-refractivity contribution in [1.29, 1.82) is 0 Å². The van der Waals surface area contributed by atoms with E-state index < -0.39 is 29.8 Å². The summed E-state index contributed by atoms with van der Waals surface area (Å²) in [6.45, 7) is 1.83. The SMILES string of the molecule is CC(NC(=O)NC(C)(C(=O)O)C(F)(F)F)c1nncn1C. The molecule has 0 saturated heterocycles. The lowest BCUT2D eigenvalue weighted by atomic mass is 10.0. The second-order valence-corrected chi connectivity index (χ2v) is 4.55. The normalized spacial score (nSPS) is 15.9. The molecular formula is C10H14F3N5O3. The van der Waals surface area contributed by atoms with Crippen LogP contribution in [0, 0.1) is 0 Å². The van der Waals surface area contributed by atoms with Crippen molar-refractivity contribution in [3.8, 4) is 0 Å². The van der Waals surface area contributed by atoms with Crippen molar-refractivity contribution in [2.75, 3.05) is 0 Å². The Morgan fingerprint density at radius 2 is 2.00 bits per heavy atom. The highest BCUT2D eigenvalue weighted by molar-refractivity contribution is 5.86. The number of hydrogen-bond donors (Lipinski definition) is 3. The summed E-state index contributed by atoms with van der Waals surface area (Å²) >= 11 is 0. The van der Waals surface area contributed by atoms with Crippen molar-refractivity contribution in [3.05, 3.63) is 12.2 Å². The molecule has 3 N–H and O–H groups in total. The molecule has 0 aliphatic carbocycles. The Balaban J connectivity index is 2.81. The smallest absolute Gasteiger partial charge is 0.422 e. The fraction of sp³-hybridized carbons (Fsp3) is 0.600. The molecular weight excluding hydrogens is 295 g/mol. The van der Waals surface area contributed by atoms with E-state index in [-0.39, 0.29) is 0 Å². The Morgan fingerprint density at radius 3 is 2.38 bits per heavy atom. The first-order chi connectivity index (χ1) is 9.49. The van der Waals surface area contributed by atoms with E-state index in [1.54, 1.807) is 7.05 Å². The molecule has 118 valence electrons. The molecule has 0 saturated carbocycles. The van der Waals surface area contributed by atoms with Crippen LogP contribution in [0.5, 0.6) is 0 Å². The quantitative estimate of drug-likeness (QED) is 0.754. The van der Waals surface area contributed by atoms with Crippen LogP contribution in [0.15, 0.2) is 6.33 Å². The second kappa shape index (κ2) is 5.58. The maximum absolute atomic E-state index is 12.7. The Hall–Kier alpha value is -2.33. The molecule has 2 unspecified atom stereocenters. The van der Waals surface area contributed by atoms with Crippen molar-refractivity contribution in [3.63, 3.8) is 0 Å². The Bertz CT molecular complexity index is 544. The number of aromatic nitrogens is 3. The van der Waals surface area contributed by atoms with Gasteiger partial charge in [0.1, 0.15) is 6.33 Å². The lowest BCUT2D eigenvalue weighted by Crippen LogP contribution is -2.63. The number of aryl methyl sites for hydroxylation is 1. The van der Waals surface area contributed by atoms with Crippen LogP contribution in [0.3, 0.4) is 0 Å². The Kier molecular flexibility index (Phi) is 4.44. The molecule has 8 nitrogen and oxygen atoms in total. The van der Waals surface area contributed by atoms with Crippen molar-refractivity contribution in [2.45, 2.75) is 31.6 Å². The van der Waals surface area contributed by atoms with Gasteiger partial charge in [-0.2, -0.15) is 13.2 Å². The maximum Gasteiger partial charge on any atom is 0.422 e.